The highest BCUT2D eigenvalue weighted by molar-refractivity contribution is 5.96. The van der Waals surface area contributed by atoms with Crippen molar-refractivity contribution in [3.63, 3.8) is 0 Å². The second kappa shape index (κ2) is 12.6. The van der Waals surface area contributed by atoms with Crippen LogP contribution in [0.5, 0.6) is 0 Å². The molecule has 1 fully saturated rings. The lowest BCUT2D eigenvalue weighted by Crippen LogP contribution is -2.40. The van der Waals surface area contributed by atoms with Gasteiger partial charge in [-0.15, -0.1) is 0 Å². The molecule has 39 heavy (non-hydrogen) atoms. The zero-order chi connectivity index (χ0) is 27.9. The highest BCUT2D eigenvalue weighted by atomic mass is 19.1. The Morgan fingerprint density at radius 1 is 1.05 bits per heavy atom. The number of carbonyl (C=O) groups is 2. The van der Waals surface area contributed by atoms with Gasteiger partial charge in [-0.05, 0) is 72.0 Å². The minimum Gasteiger partial charge on any atom is -0.388 e. The molecule has 3 aromatic rings. The quantitative estimate of drug-likeness (QED) is 0.127. The summed E-state index contributed by atoms with van der Waals surface area (Å²) in [4.78, 5) is 25.5. The van der Waals surface area contributed by atoms with Crippen molar-refractivity contribution in [2.45, 2.75) is 38.3 Å². The molecule has 0 aliphatic heterocycles. The molecule has 1 amide bonds. The predicted octanol–water partition coefficient (Wildman–Crippen LogP) is 6.49. The van der Waals surface area contributed by atoms with Crippen LogP contribution in [0.25, 0.3) is 17.2 Å². The Balaban J connectivity index is 1.74. The van der Waals surface area contributed by atoms with Gasteiger partial charge in [0.2, 0.25) is 5.91 Å². The summed E-state index contributed by atoms with van der Waals surface area (Å²) in [6.45, 7) is 0. The van der Waals surface area contributed by atoms with E-state index in [-0.39, 0.29) is 17.2 Å². The molecule has 0 aromatic heterocycles. The van der Waals surface area contributed by atoms with Crippen LogP contribution in [0.15, 0.2) is 60.7 Å². The Hall–Kier alpha value is -4.17. The molecule has 0 saturated heterocycles. The summed E-state index contributed by atoms with van der Waals surface area (Å²) < 4.78 is 30.1. The van der Waals surface area contributed by atoms with Gasteiger partial charge in [-0.2, -0.15) is 0 Å². The second-order valence-electron chi connectivity index (χ2n) is 9.59. The van der Waals surface area contributed by atoms with E-state index in [2.05, 4.69) is 5.32 Å². The van der Waals surface area contributed by atoms with Crippen LogP contribution < -0.4 is 10.2 Å². The van der Waals surface area contributed by atoms with Crippen LogP contribution in [-0.2, 0) is 9.59 Å². The first-order chi connectivity index (χ1) is 18.9. The number of aldehydes is 1. The molecule has 0 radical (unpaired) electrons. The first-order valence-electron chi connectivity index (χ1n) is 12.9. The topological polar surface area (TPSA) is 93.5 Å². The fourth-order valence-electron chi connectivity index (χ4n) is 5.06. The Bertz CT molecular complexity index is 1400. The number of halogens is 2. The lowest BCUT2D eigenvalue weighted by molar-refractivity contribution is -0.125. The lowest BCUT2D eigenvalue weighted by atomic mass is 9.88. The molecule has 3 N–H and O–H groups in total. The van der Waals surface area contributed by atoms with Crippen LogP contribution in [0.2, 0.25) is 0 Å². The Labute approximate surface area is 226 Å². The number of rotatable bonds is 9. The van der Waals surface area contributed by atoms with E-state index in [0.717, 1.165) is 35.9 Å². The van der Waals surface area contributed by atoms with E-state index in [4.69, 9.17) is 5.41 Å². The molecule has 1 aliphatic rings. The van der Waals surface area contributed by atoms with E-state index >= 15 is 4.39 Å². The molecule has 6 nitrogen and oxygen atoms in total. The summed E-state index contributed by atoms with van der Waals surface area (Å²) in [6.07, 6.45) is 6.66. The molecule has 0 heterocycles. The first-order valence-corrected chi connectivity index (χ1v) is 12.9. The number of anilines is 2. The predicted molar refractivity (Wildman–Crippen MR) is 150 cm³/mol. The highest BCUT2D eigenvalue weighted by Gasteiger charge is 2.33. The Morgan fingerprint density at radius 2 is 1.77 bits per heavy atom. The van der Waals surface area contributed by atoms with Crippen molar-refractivity contribution in [2.75, 3.05) is 17.3 Å². The van der Waals surface area contributed by atoms with Gasteiger partial charge in [0.25, 0.3) is 0 Å². The highest BCUT2D eigenvalue weighted by Crippen LogP contribution is 2.35. The number of aliphatic hydroxyl groups excluding tert-OH is 1. The fourth-order valence-corrected chi connectivity index (χ4v) is 5.06. The minimum atomic E-state index is -1.71. The maximum absolute atomic E-state index is 15.5. The van der Waals surface area contributed by atoms with E-state index in [1.165, 1.54) is 42.6 Å². The SMILES string of the molecule is CNc1ccc(-c2ccc(C(O)N(C(=O)C3CCCCC3)c3cc(F)cc(/C=C/C=O)c3)c(F)c2)cc1C=N. The summed E-state index contributed by atoms with van der Waals surface area (Å²) >= 11 is 0. The van der Waals surface area contributed by atoms with Gasteiger partial charge >= 0.3 is 0 Å². The maximum Gasteiger partial charge on any atom is 0.232 e. The van der Waals surface area contributed by atoms with Crippen molar-refractivity contribution >= 4 is 35.9 Å². The third kappa shape index (κ3) is 6.29. The van der Waals surface area contributed by atoms with Gasteiger partial charge in [0.1, 0.15) is 17.9 Å². The molecule has 4 rings (SSSR count). The van der Waals surface area contributed by atoms with Gasteiger partial charge in [0.05, 0.1) is 5.69 Å². The number of carbonyl (C=O) groups excluding carboxylic acids is 2. The zero-order valence-electron chi connectivity index (χ0n) is 21.7. The van der Waals surface area contributed by atoms with Crippen molar-refractivity contribution in [3.05, 3.63) is 89.0 Å². The third-order valence-electron chi connectivity index (χ3n) is 7.08. The van der Waals surface area contributed by atoms with E-state index in [1.54, 1.807) is 31.3 Å². The smallest absolute Gasteiger partial charge is 0.232 e. The van der Waals surface area contributed by atoms with Crippen molar-refractivity contribution < 1.29 is 23.5 Å². The van der Waals surface area contributed by atoms with E-state index in [9.17, 15) is 19.1 Å². The van der Waals surface area contributed by atoms with Crippen LogP contribution in [0, 0.1) is 23.0 Å². The molecular weight excluding hydrogens is 500 g/mol. The van der Waals surface area contributed by atoms with Crippen molar-refractivity contribution in [3.8, 4) is 11.1 Å². The Kier molecular flexibility index (Phi) is 8.99. The Morgan fingerprint density at radius 3 is 2.44 bits per heavy atom. The van der Waals surface area contributed by atoms with Crippen LogP contribution in [0.1, 0.15) is 55.0 Å². The fraction of sp³-hybridized carbons (Fsp3) is 0.258. The second-order valence-corrected chi connectivity index (χ2v) is 9.59. The van der Waals surface area contributed by atoms with Crippen LogP contribution in [0.4, 0.5) is 20.2 Å². The largest absolute Gasteiger partial charge is 0.388 e. The summed E-state index contributed by atoms with van der Waals surface area (Å²) in [5.74, 6) is -2.17. The number of nitrogens with one attached hydrogen (secondary N) is 2. The normalized spacial score (nSPS) is 14.7. The van der Waals surface area contributed by atoms with Gasteiger partial charge in [-0.1, -0.05) is 43.5 Å². The van der Waals surface area contributed by atoms with Gasteiger partial charge in [0, 0.05) is 36.0 Å². The molecule has 3 aromatic carbocycles. The number of amides is 1. The van der Waals surface area contributed by atoms with Crippen molar-refractivity contribution in [2.24, 2.45) is 5.92 Å². The number of aliphatic hydroxyl groups is 1. The molecule has 1 unspecified atom stereocenters. The van der Waals surface area contributed by atoms with E-state index in [1.807, 2.05) is 0 Å². The molecule has 1 aliphatic carbocycles. The summed E-state index contributed by atoms with van der Waals surface area (Å²) in [5.41, 5.74) is 2.88. The maximum atomic E-state index is 15.5. The molecule has 0 spiro atoms. The minimum absolute atomic E-state index is 0.0744. The number of nitrogens with zero attached hydrogens (tertiary/aromatic N) is 1. The van der Waals surface area contributed by atoms with Gasteiger partial charge in [-0.3, -0.25) is 14.5 Å². The molecule has 8 heteroatoms. The average molecular weight is 532 g/mol. The van der Waals surface area contributed by atoms with Crippen LogP contribution >= 0.6 is 0 Å². The average Bonchev–Trinajstić information content (AvgIpc) is 2.95. The standard InChI is InChI=1S/C31H31F2N3O3/c1-35-29-12-10-22(16-24(29)19-34)23-9-11-27(28(33)17-23)31(39)36(30(38)21-7-3-2-4-8-21)26-15-20(6-5-13-37)14-25(32)18-26/h5-6,9-19,21,31,34-35,39H,2-4,7-8H2,1H3/b6-5+,34-19?. The van der Waals surface area contributed by atoms with Crippen molar-refractivity contribution in [1.82, 2.24) is 0 Å². The van der Waals surface area contributed by atoms with Crippen molar-refractivity contribution in [1.29, 1.82) is 5.41 Å². The third-order valence-corrected chi connectivity index (χ3v) is 7.08. The molecular formula is C31H31F2N3O3. The molecule has 1 saturated carbocycles. The number of hydrogen-bond donors (Lipinski definition) is 3. The molecule has 0 bridgehead atoms. The zero-order valence-corrected chi connectivity index (χ0v) is 21.7. The number of benzene rings is 3. The van der Waals surface area contributed by atoms with E-state index in [0.29, 0.717) is 41.4 Å². The summed E-state index contributed by atoms with van der Waals surface area (Å²) in [5, 5.41) is 22.1. The molecule has 1 atom stereocenters. The first kappa shape index (κ1) is 27.9. The monoisotopic (exact) mass is 531 g/mol. The number of allylic oxidation sites excluding steroid dienone is 1. The van der Waals surface area contributed by atoms with Crippen LogP contribution in [-0.4, -0.2) is 30.6 Å². The van der Waals surface area contributed by atoms with E-state index < -0.39 is 23.8 Å². The number of hydrogen-bond acceptors (Lipinski definition) is 5. The summed E-state index contributed by atoms with van der Waals surface area (Å²) in [7, 11) is 1.75. The summed E-state index contributed by atoms with van der Waals surface area (Å²) in [6, 6.07) is 13.5. The van der Waals surface area contributed by atoms with Gasteiger partial charge < -0.3 is 15.8 Å². The van der Waals surface area contributed by atoms with Gasteiger partial charge in [0.15, 0.2) is 6.23 Å². The lowest BCUT2D eigenvalue weighted by Gasteiger charge is -2.33. The molecule has 202 valence electrons. The van der Waals surface area contributed by atoms with Gasteiger partial charge in [-0.25, -0.2) is 8.78 Å². The van der Waals surface area contributed by atoms with Crippen LogP contribution in [0.3, 0.4) is 0 Å².